The lowest BCUT2D eigenvalue weighted by atomic mass is 10.0. The van der Waals surface area contributed by atoms with E-state index < -0.39 is 0 Å². The highest BCUT2D eigenvalue weighted by Crippen LogP contribution is 2.44. The summed E-state index contributed by atoms with van der Waals surface area (Å²) in [6.07, 6.45) is 2.01. The van der Waals surface area contributed by atoms with Crippen LogP contribution in [-0.4, -0.2) is 56.4 Å². The van der Waals surface area contributed by atoms with Gasteiger partial charge in [-0.05, 0) is 12.8 Å². The molecule has 1 heterocycles. The first-order chi connectivity index (χ1) is 9.03. The van der Waals surface area contributed by atoms with E-state index in [2.05, 4.69) is 35.0 Å². The van der Waals surface area contributed by atoms with Crippen molar-refractivity contribution >= 4 is 5.91 Å². The Hall–Kier alpha value is -0.650. The van der Waals surface area contributed by atoms with Gasteiger partial charge in [-0.3, -0.25) is 9.28 Å². The summed E-state index contributed by atoms with van der Waals surface area (Å²) in [6.45, 7) is 8.26. The van der Waals surface area contributed by atoms with Gasteiger partial charge in [-0.1, -0.05) is 27.7 Å². The number of quaternary nitrogens is 1. The Morgan fingerprint density at radius 1 is 1.10 bits per heavy atom. The molecule has 5 heteroatoms. The third-order valence-corrected chi connectivity index (χ3v) is 3.90. The highest BCUT2D eigenvalue weighted by Gasteiger charge is 2.65. The van der Waals surface area contributed by atoms with Crippen molar-refractivity contribution in [2.45, 2.75) is 46.4 Å². The summed E-state index contributed by atoms with van der Waals surface area (Å²) in [6, 6.07) is 0. The van der Waals surface area contributed by atoms with E-state index in [1.807, 2.05) is 13.8 Å². The summed E-state index contributed by atoms with van der Waals surface area (Å²) in [5, 5.41) is 0. The number of carbonyl (C=O) groups is 1. The molecular formula is C15H33N2O3+. The minimum Gasteiger partial charge on any atom is -0.349 e. The molecule has 0 radical (unpaired) electrons. The van der Waals surface area contributed by atoms with Crippen molar-refractivity contribution in [3.8, 4) is 0 Å². The molecule has 2 atom stereocenters. The van der Waals surface area contributed by atoms with Gasteiger partial charge in [0, 0.05) is 20.0 Å². The van der Waals surface area contributed by atoms with Crippen molar-refractivity contribution in [2.75, 3.05) is 35.2 Å². The molecule has 1 aliphatic rings. The molecule has 0 spiro atoms. The molecule has 1 amide bonds. The maximum Gasteiger partial charge on any atom is 0.375 e. The Balaban J connectivity index is 0.000000370. The predicted octanol–water partition coefficient (Wildman–Crippen LogP) is 2.48. The lowest BCUT2D eigenvalue weighted by Crippen LogP contribution is -2.51. The van der Waals surface area contributed by atoms with Crippen LogP contribution in [0, 0.1) is 11.8 Å². The number of carbonyl (C=O) groups excluding carboxylic acids is 1. The average Bonchev–Trinajstić information content (AvgIpc) is 3.17. The second-order valence-corrected chi connectivity index (χ2v) is 6.66. The van der Waals surface area contributed by atoms with E-state index in [-0.39, 0.29) is 17.7 Å². The number of amides is 1. The molecule has 20 heavy (non-hydrogen) atoms. The maximum absolute atomic E-state index is 11.0. The van der Waals surface area contributed by atoms with E-state index in [0.29, 0.717) is 10.4 Å². The van der Waals surface area contributed by atoms with Gasteiger partial charge in [-0.25, -0.2) is 0 Å². The highest BCUT2D eigenvalue weighted by molar-refractivity contribution is 5.77. The maximum atomic E-state index is 11.0. The van der Waals surface area contributed by atoms with Crippen LogP contribution < -0.4 is 0 Å². The fraction of sp³-hybridized carbons (Fsp3) is 0.933. The molecule has 0 aromatic heterocycles. The average molecular weight is 289 g/mol. The van der Waals surface area contributed by atoms with Crippen molar-refractivity contribution < 1.29 is 19.1 Å². The lowest BCUT2D eigenvalue weighted by Gasteiger charge is -2.30. The molecular weight excluding hydrogens is 256 g/mol. The van der Waals surface area contributed by atoms with E-state index in [4.69, 9.17) is 9.78 Å². The van der Waals surface area contributed by atoms with Gasteiger partial charge in [-0.2, -0.15) is 0 Å². The molecule has 1 aliphatic heterocycles. The van der Waals surface area contributed by atoms with Crippen LogP contribution in [0.2, 0.25) is 0 Å². The molecule has 0 aromatic carbocycles. The van der Waals surface area contributed by atoms with Gasteiger partial charge in [0.15, 0.2) is 0 Å². The van der Waals surface area contributed by atoms with Gasteiger partial charge in [0.2, 0.25) is 5.91 Å². The molecule has 1 saturated heterocycles. The second kappa shape index (κ2) is 7.38. The summed E-state index contributed by atoms with van der Waals surface area (Å²) in [5.41, 5.74) is 0. The van der Waals surface area contributed by atoms with Crippen LogP contribution in [0.1, 0.15) is 40.5 Å². The largest absolute Gasteiger partial charge is 0.375 e. The van der Waals surface area contributed by atoms with Crippen LogP contribution in [0.25, 0.3) is 0 Å². The van der Waals surface area contributed by atoms with E-state index >= 15 is 0 Å². The van der Waals surface area contributed by atoms with Crippen molar-refractivity contribution in [3.05, 3.63) is 0 Å². The second-order valence-electron chi connectivity index (χ2n) is 6.66. The molecule has 1 fully saturated rings. The third kappa shape index (κ3) is 4.72. The fourth-order valence-electron chi connectivity index (χ4n) is 1.97. The number of rotatable bonds is 5. The SMILES string of the molecule is CCC(C)C(=O)N(C)C.CCC(C)C1([N+](C)(C)C)OO1. The van der Waals surface area contributed by atoms with Crippen LogP contribution in [0.4, 0.5) is 0 Å². The van der Waals surface area contributed by atoms with Crippen molar-refractivity contribution in [1.29, 1.82) is 0 Å². The van der Waals surface area contributed by atoms with Gasteiger partial charge < -0.3 is 4.90 Å². The Labute approximate surface area is 124 Å². The van der Waals surface area contributed by atoms with Gasteiger partial charge >= 0.3 is 5.91 Å². The van der Waals surface area contributed by atoms with Gasteiger partial charge in [0.25, 0.3) is 0 Å². The van der Waals surface area contributed by atoms with E-state index in [9.17, 15) is 4.79 Å². The van der Waals surface area contributed by atoms with Gasteiger partial charge in [-0.15, -0.1) is 9.78 Å². The first-order valence-electron chi connectivity index (χ1n) is 7.43. The van der Waals surface area contributed by atoms with Gasteiger partial charge in [0.1, 0.15) is 0 Å². The zero-order valence-electron chi connectivity index (χ0n) is 14.7. The highest BCUT2D eigenvalue weighted by atomic mass is 17.4. The Morgan fingerprint density at radius 2 is 1.55 bits per heavy atom. The topological polar surface area (TPSA) is 45.4 Å². The quantitative estimate of drug-likeness (QED) is 0.444. The molecule has 5 nitrogen and oxygen atoms in total. The number of hydrogen-bond donors (Lipinski definition) is 0. The van der Waals surface area contributed by atoms with Gasteiger partial charge in [0.05, 0.1) is 27.1 Å². The predicted molar refractivity (Wildman–Crippen MR) is 80.5 cm³/mol. The van der Waals surface area contributed by atoms with Crippen LogP contribution in [0.5, 0.6) is 0 Å². The lowest BCUT2D eigenvalue weighted by molar-refractivity contribution is -0.932. The van der Waals surface area contributed by atoms with Crippen LogP contribution in [-0.2, 0) is 14.6 Å². The summed E-state index contributed by atoms with van der Waals surface area (Å²) in [4.78, 5) is 22.8. The van der Waals surface area contributed by atoms with Crippen molar-refractivity contribution in [1.82, 2.24) is 4.90 Å². The van der Waals surface area contributed by atoms with E-state index in [0.717, 1.165) is 12.8 Å². The summed E-state index contributed by atoms with van der Waals surface area (Å²) < 4.78 is 0.710. The Morgan fingerprint density at radius 3 is 1.65 bits per heavy atom. The molecule has 0 bridgehead atoms. The summed E-state index contributed by atoms with van der Waals surface area (Å²) in [5.74, 6) is 0.481. The summed E-state index contributed by atoms with van der Waals surface area (Å²) >= 11 is 0. The molecule has 2 unspecified atom stereocenters. The summed E-state index contributed by atoms with van der Waals surface area (Å²) in [7, 11) is 9.82. The molecule has 0 N–H and O–H groups in total. The fourth-order valence-corrected chi connectivity index (χ4v) is 1.97. The Kier molecular flexibility index (Phi) is 7.14. The first-order valence-corrected chi connectivity index (χ1v) is 7.43. The first kappa shape index (κ1) is 19.4. The van der Waals surface area contributed by atoms with E-state index in [1.54, 1.807) is 19.0 Å². The standard InChI is InChI=1S/C8H18NO2.C7H15NO/c1-6-7(2)8(10-11-8)9(3,4)5;1-5-6(2)7(9)8(3)4/h7H,6H2,1-5H3;6H,5H2,1-4H3/q+1;. The molecule has 0 saturated carbocycles. The Bertz CT molecular complexity index is 307. The number of hydrogen-bond acceptors (Lipinski definition) is 3. The van der Waals surface area contributed by atoms with Crippen molar-refractivity contribution in [3.63, 3.8) is 0 Å². The molecule has 120 valence electrons. The van der Waals surface area contributed by atoms with Crippen LogP contribution >= 0.6 is 0 Å². The zero-order valence-corrected chi connectivity index (χ0v) is 14.7. The zero-order chi connectivity index (χ0) is 16.1. The third-order valence-electron chi connectivity index (χ3n) is 3.90. The van der Waals surface area contributed by atoms with Crippen LogP contribution in [0.15, 0.2) is 0 Å². The molecule has 0 aliphatic carbocycles. The van der Waals surface area contributed by atoms with E-state index in [1.165, 1.54) is 0 Å². The molecule has 1 rings (SSSR count). The van der Waals surface area contributed by atoms with Crippen molar-refractivity contribution in [2.24, 2.45) is 11.8 Å². The minimum atomic E-state index is -0.366. The smallest absolute Gasteiger partial charge is 0.349 e. The number of nitrogens with zero attached hydrogens (tertiary/aromatic N) is 2. The van der Waals surface area contributed by atoms with Crippen LogP contribution in [0.3, 0.4) is 0 Å². The molecule has 0 aromatic rings. The minimum absolute atomic E-state index is 0.181. The monoisotopic (exact) mass is 289 g/mol. The normalized spacial score (nSPS) is 19.4.